The first kappa shape index (κ1) is 19.8. The van der Waals surface area contributed by atoms with Gasteiger partial charge in [-0.3, -0.25) is 4.79 Å². The number of carbonyl (C=O) groups is 1. The van der Waals surface area contributed by atoms with Gasteiger partial charge in [0.15, 0.2) is 0 Å². The molecule has 1 aliphatic rings. The van der Waals surface area contributed by atoms with Crippen molar-refractivity contribution in [1.82, 2.24) is 4.90 Å². The molecule has 0 radical (unpaired) electrons. The average Bonchev–Trinajstić information content (AvgIpc) is 2.66. The number of piperazine rings is 1. The van der Waals surface area contributed by atoms with Crippen LogP contribution in [0.2, 0.25) is 0 Å². The number of nitrogens with zero attached hydrogens (tertiary/aromatic N) is 2. The van der Waals surface area contributed by atoms with E-state index < -0.39 is 6.36 Å². The van der Waals surface area contributed by atoms with Gasteiger partial charge in [-0.05, 0) is 48.4 Å². The van der Waals surface area contributed by atoms with E-state index in [9.17, 15) is 18.0 Å². The standard InChI is InChI=1S/C21H21F3N2O2/c1-16-3-2-4-18(15-16)25-11-13-26(14-12-25)20(27)10-7-17-5-8-19(9-6-17)28-21(22,23)24/h2-10,15H,11-14H2,1H3/b10-7+. The Bertz CT molecular complexity index is 839. The molecule has 4 nitrogen and oxygen atoms in total. The van der Waals surface area contributed by atoms with E-state index in [1.807, 2.05) is 6.07 Å². The van der Waals surface area contributed by atoms with Crippen LogP contribution in [0.5, 0.6) is 5.75 Å². The molecule has 3 rings (SSSR count). The number of aryl methyl sites for hydroxylation is 1. The zero-order valence-electron chi connectivity index (χ0n) is 15.4. The van der Waals surface area contributed by atoms with Crippen molar-refractivity contribution in [1.29, 1.82) is 0 Å². The van der Waals surface area contributed by atoms with E-state index in [-0.39, 0.29) is 11.7 Å². The zero-order chi connectivity index (χ0) is 20.1. The fourth-order valence-electron chi connectivity index (χ4n) is 3.06. The van der Waals surface area contributed by atoms with Crippen LogP contribution in [0.25, 0.3) is 6.08 Å². The van der Waals surface area contributed by atoms with Gasteiger partial charge >= 0.3 is 6.36 Å². The summed E-state index contributed by atoms with van der Waals surface area (Å²) in [6.45, 7) is 4.81. The van der Waals surface area contributed by atoms with Gasteiger partial charge in [0.2, 0.25) is 5.91 Å². The van der Waals surface area contributed by atoms with Gasteiger partial charge in [-0.25, -0.2) is 0 Å². The van der Waals surface area contributed by atoms with Gasteiger partial charge in [0, 0.05) is 37.9 Å². The lowest BCUT2D eigenvalue weighted by Crippen LogP contribution is -2.48. The monoisotopic (exact) mass is 390 g/mol. The third-order valence-electron chi connectivity index (χ3n) is 4.49. The number of alkyl halides is 3. The van der Waals surface area contributed by atoms with Crippen LogP contribution in [0.4, 0.5) is 18.9 Å². The highest BCUT2D eigenvalue weighted by atomic mass is 19.4. The van der Waals surface area contributed by atoms with Crippen LogP contribution in [-0.4, -0.2) is 43.3 Å². The molecule has 0 atom stereocenters. The first-order valence-electron chi connectivity index (χ1n) is 8.94. The Hall–Kier alpha value is -2.96. The van der Waals surface area contributed by atoms with Crippen molar-refractivity contribution < 1.29 is 22.7 Å². The molecule has 1 aliphatic heterocycles. The highest BCUT2D eigenvalue weighted by Gasteiger charge is 2.30. The normalized spacial score (nSPS) is 15.1. The third-order valence-corrected chi connectivity index (χ3v) is 4.49. The topological polar surface area (TPSA) is 32.8 Å². The van der Waals surface area contributed by atoms with Crippen molar-refractivity contribution in [2.45, 2.75) is 13.3 Å². The molecular formula is C21H21F3N2O2. The van der Waals surface area contributed by atoms with Crippen LogP contribution in [0, 0.1) is 6.92 Å². The number of benzene rings is 2. The first-order chi connectivity index (χ1) is 13.3. The van der Waals surface area contributed by atoms with Crippen molar-refractivity contribution in [3.05, 3.63) is 65.7 Å². The Balaban J connectivity index is 1.53. The fourth-order valence-corrected chi connectivity index (χ4v) is 3.06. The smallest absolute Gasteiger partial charge is 0.406 e. The highest BCUT2D eigenvalue weighted by molar-refractivity contribution is 5.92. The third kappa shape index (κ3) is 5.52. The lowest BCUT2D eigenvalue weighted by atomic mass is 10.2. The molecule has 148 valence electrons. The van der Waals surface area contributed by atoms with Crippen LogP contribution < -0.4 is 9.64 Å². The van der Waals surface area contributed by atoms with Crippen molar-refractivity contribution in [2.75, 3.05) is 31.1 Å². The Kier molecular flexibility index (Phi) is 5.92. The largest absolute Gasteiger partial charge is 0.573 e. The Morgan fingerprint density at radius 2 is 1.71 bits per heavy atom. The van der Waals surface area contributed by atoms with E-state index in [4.69, 9.17) is 0 Å². The Labute approximate surface area is 161 Å². The molecule has 28 heavy (non-hydrogen) atoms. The SMILES string of the molecule is Cc1cccc(N2CCN(C(=O)/C=C/c3ccc(OC(F)(F)F)cc3)CC2)c1. The first-order valence-corrected chi connectivity index (χ1v) is 8.94. The molecule has 1 saturated heterocycles. The molecule has 1 amide bonds. The summed E-state index contributed by atoms with van der Waals surface area (Å²) >= 11 is 0. The van der Waals surface area contributed by atoms with Gasteiger partial charge in [-0.15, -0.1) is 13.2 Å². The molecule has 0 unspecified atom stereocenters. The second-order valence-electron chi connectivity index (χ2n) is 6.60. The summed E-state index contributed by atoms with van der Waals surface area (Å²) in [6.07, 6.45) is -1.68. The number of hydrogen-bond acceptors (Lipinski definition) is 3. The molecule has 0 spiro atoms. The molecule has 7 heteroatoms. The van der Waals surface area contributed by atoms with Gasteiger partial charge in [0.05, 0.1) is 0 Å². The maximum atomic E-state index is 12.4. The number of halogens is 3. The van der Waals surface area contributed by atoms with Gasteiger partial charge < -0.3 is 14.5 Å². The lowest BCUT2D eigenvalue weighted by molar-refractivity contribution is -0.274. The minimum absolute atomic E-state index is 0.112. The molecule has 1 fully saturated rings. The maximum absolute atomic E-state index is 12.4. The van der Waals surface area contributed by atoms with Crippen molar-refractivity contribution in [2.24, 2.45) is 0 Å². The van der Waals surface area contributed by atoms with E-state index in [0.29, 0.717) is 18.7 Å². The summed E-state index contributed by atoms with van der Waals surface area (Å²) in [5.74, 6) is -0.400. The van der Waals surface area contributed by atoms with Crippen molar-refractivity contribution in [3.63, 3.8) is 0 Å². The number of anilines is 1. The summed E-state index contributed by atoms with van der Waals surface area (Å²) < 4.78 is 40.3. The van der Waals surface area contributed by atoms with Gasteiger partial charge in [0.25, 0.3) is 0 Å². The minimum atomic E-state index is -4.71. The summed E-state index contributed by atoms with van der Waals surface area (Å²) in [6, 6.07) is 13.7. The number of ether oxygens (including phenoxy) is 1. The number of amides is 1. The predicted molar refractivity (Wildman–Crippen MR) is 102 cm³/mol. The molecule has 0 aliphatic carbocycles. The minimum Gasteiger partial charge on any atom is -0.406 e. The molecule has 0 aromatic heterocycles. The number of carbonyl (C=O) groups excluding carboxylic acids is 1. The van der Waals surface area contributed by atoms with Gasteiger partial charge in [0.1, 0.15) is 5.75 Å². The summed E-state index contributed by atoms with van der Waals surface area (Å²) in [4.78, 5) is 16.4. The second-order valence-corrected chi connectivity index (χ2v) is 6.60. The summed E-state index contributed by atoms with van der Waals surface area (Å²) in [5.41, 5.74) is 2.98. The summed E-state index contributed by atoms with van der Waals surface area (Å²) in [7, 11) is 0. The number of rotatable bonds is 4. The van der Waals surface area contributed by atoms with Crippen molar-refractivity contribution in [3.8, 4) is 5.75 Å². The molecule has 1 heterocycles. The molecule has 2 aromatic rings. The zero-order valence-corrected chi connectivity index (χ0v) is 15.4. The van der Waals surface area contributed by atoms with Crippen LogP contribution in [0.3, 0.4) is 0 Å². The average molecular weight is 390 g/mol. The fraction of sp³-hybridized carbons (Fsp3) is 0.286. The lowest BCUT2D eigenvalue weighted by Gasteiger charge is -2.35. The molecule has 2 aromatic carbocycles. The molecule has 0 N–H and O–H groups in total. The van der Waals surface area contributed by atoms with Crippen LogP contribution in [0.15, 0.2) is 54.6 Å². The Morgan fingerprint density at radius 1 is 1.04 bits per heavy atom. The van der Waals surface area contributed by atoms with Gasteiger partial charge in [-0.2, -0.15) is 0 Å². The van der Waals surface area contributed by atoms with Crippen LogP contribution >= 0.6 is 0 Å². The molecule has 0 bridgehead atoms. The molecular weight excluding hydrogens is 369 g/mol. The highest BCUT2D eigenvalue weighted by Crippen LogP contribution is 2.23. The van der Waals surface area contributed by atoms with E-state index in [1.54, 1.807) is 11.0 Å². The predicted octanol–water partition coefficient (Wildman–Crippen LogP) is 4.26. The quantitative estimate of drug-likeness (QED) is 0.732. The van der Waals surface area contributed by atoms with E-state index in [1.165, 1.54) is 35.9 Å². The van der Waals surface area contributed by atoms with Crippen LogP contribution in [0.1, 0.15) is 11.1 Å². The van der Waals surface area contributed by atoms with Gasteiger partial charge in [-0.1, -0.05) is 24.3 Å². The second kappa shape index (κ2) is 8.37. The van der Waals surface area contributed by atoms with Crippen LogP contribution in [-0.2, 0) is 4.79 Å². The van der Waals surface area contributed by atoms with E-state index in [2.05, 4.69) is 34.8 Å². The van der Waals surface area contributed by atoms with Crippen molar-refractivity contribution >= 4 is 17.7 Å². The molecule has 0 saturated carbocycles. The maximum Gasteiger partial charge on any atom is 0.573 e. The summed E-state index contributed by atoms with van der Waals surface area (Å²) in [5, 5.41) is 0. The number of hydrogen-bond donors (Lipinski definition) is 0. The Morgan fingerprint density at radius 3 is 2.32 bits per heavy atom. The van der Waals surface area contributed by atoms with E-state index in [0.717, 1.165) is 18.8 Å². The van der Waals surface area contributed by atoms with E-state index >= 15 is 0 Å².